The van der Waals surface area contributed by atoms with E-state index in [-0.39, 0.29) is 5.91 Å². The minimum atomic E-state index is -1.02. The highest BCUT2D eigenvalue weighted by molar-refractivity contribution is 5.99. The number of aromatic nitrogens is 2. The van der Waals surface area contributed by atoms with Gasteiger partial charge in [0.15, 0.2) is 0 Å². The molecule has 0 aromatic carbocycles. The maximum atomic E-state index is 12.4. The van der Waals surface area contributed by atoms with Crippen LogP contribution in [0.3, 0.4) is 0 Å². The largest absolute Gasteiger partial charge is 0.467 e. The van der Waals surface area contributed by atoms with Gasteiger partial charge in [0.05, 0.1) is 18.4 Å². The molecule has 1 amide bonds. The van der Waals surface area contributed by atoms with Crippen molar-refractivity contribution in [3.05, 3.63) is 17.0 Å². The number of hydrogen-bond acceptors (Lipinski definition) is 4. The molecule has 0 saturated carbocycles. The minimum Gasteiger partial charge on any atom is -0.467 e. The first-order valence-corrected chi connectivity index (χ1v) is 6.68. The standard InChI is InChI=1S/C14H23N3O3/c1-7-8-14(4,13(19)20-6)15-12(18)11-9(2)16-17(5)10(11)3/h7-8H2,1-6H3,(H,15,18). The molecule has 0 aliphatic heterocycles. The lowest BCUT2D eigenvalue weighted by atomic mass is 9.95. The Bertz CT molecular complexity index is 522. The summed E-state index contributed by atoms with van der Waals surface area (Å²) in [4.78, 5) is 24.3. The molecular weight excluding hydrogens is 258 g/mol. The molecule has 0 radical (unpaired) electrons. The second-order valence-electron chi connectivity index (χ2n) is 5.20. The predicted octanol–water partition coefficient (Wildman–Crippen LogP) is 1.50. The number of methoxy groups -OCH3 is 1. The number of nitrogens with one attached hydrogen (secondary N) is 1. The summed E-state index contributed by atoms with van der Waals surface area (Å²) >= 11 is 0. The van der Waals surface area contributed by atoms with E-state index < -0.39 is 11.5 Å². The molecule has 1 rings (SSSR count). The van der Waals surface area contributed by atoms with E-state index in [0.717, 1.165) is 12.1 Å². The highest BCUT2D eigenvalue weighted by atomic mass is 16.5. The topological polar surface area (TPSA) is 73.2 Å². The Morgan fingerprint density at radius 2 is 2.00 bits per heavy atom. The van der Waals surface area contributed by atoms with Crippen LogP contribution < -0.4 is 5.32 Å². The van der Waals surface area contributed by atoms with Crippen molar-refractivity contribution >= 4 is 11.9 Å². The van der Waals surface area contributed by atoms with Gasteiger partial charge in [-0.1, -0.05) is 13.3 Å². The lowest BCUT2D eigenvalue weighted by Gasteiger charge is -2.27. The number of hydrogen-bond donors (Lipinski definition) is 1. The summed E-state index contributed by atoms with van der Waals surface area (Å²) in [5.41, 5.74) is 0.906. The van der Waals surface area contributed by atoms with Gasteiger partial charge in [0, 0.05) is 12.7 Å². The second kappa shape index (κ2) is 6.07. The fourth-order valence-electron chi connectivity index (χ4n) is 2.36. The van der Waals surface area contributed by atoms with Gasteiger partial charge in [-0.3, -0.25) is 9.48 Å². The number of nitrogens with zero attached hydrogens (tertiary/aromatic N) is 2. The fraction of sp³-hybridized carbons (Fsp3) is 0.643. The molecule has 1 unspecified atom stereocenters. The molecule has 6 nitrogen and oxygen atoms in total. The first-order chi connectivity index (χ1) is 9.26. The SMILES string of the molecule is CCCC(C)(NC(=O)c1c(C)nn(C)c1C)C(=O)OC. The average molecular weight is 281 g/mol. The highest BCUT2D eigenvalue weighted by Crippen LogP contribution is 2.18. The van der Waals surface area contributed by atoms with Crippen molar-refractivity contribution in [1.82, 2.24) is 15.1 Å². The van der Waals surface area contributed by atoms with E-state index >= 15 is 0 Å². The Balaban J connectivity index is 3.05. The summed E-state index contributed by atoms with van der Waals surface area (Å²) in [7, 11) is 3.10. The predicted molar refractivity (Wildman–Crippen MR) is 75.5 cm³/mol. The fourth-order valence-corrected chi connectivity index (χ4v) is 2.36. The third-order valence-corrected chi connectivity index (χ3v) is 3.51. The van der Waals surface area contributed by atoms with E-state index in [2.05, 4.69) is 10.4 Å². The van der Waals surface area contributed by atoms with Crippen LogP contribution in [0.5, 0.6) is 0 Å². The molecule has 20 heavy (non-hydrogen) atoms. The van der Waals surface area contributed by atoms with Gasteiger partial charge in [-0.15, -0.1) is 0 Å². The molecule has 0 aliphatic carbocycles. The van der Waals surface area contributed by atoms with E-state index in [1.54, 1.807) is 25.6 Å². The van der Waals surface area contributed by atoms with Crippen LogP contribution in [0.1, 0.15) is 48.4 Å². The molecule has 1 atom stereocenters. The second-order valence-corrected chi connectivity index (χ2v) is 5.20. The Morgan fingerprint density at radius 1 is 1.40 bits per heavy atom. The highest BCUT2D eigenvalue weighted by Gasteiger charge is 2.36. The first kappa shape index (κ1) is 16.2. The van der Waals surface area contributed by atoms with Crippen molar-refractivity contribution in [2.45, 2.75) is 46.1 Å². The number of amides is 1. The summed E-state index contributed by atoms with van der Waals surface area (Å²) in [6.45, 7) is 7.23. The Kier molecular flexibility index (Phi) is 4.92. The minimum absolute atomic E-state index is 0.297. The van der Waals surface area contributed by atoms with Crippen LogP contribution in [-0.2, 0) is 16.6 Å². The van der Waals surface area contributed by atoms with Gasteiger partial charge in [-0.25, -0.2) is 4.79 Å². The summed E-state index contributed by atoms with van der Waals surface area (Å²) in [5.74, 6) is -0.735. The normalized spacial score (nSPS) is 13.7. The van der Waals surface area contributed by atoms with Gasteiger partial charge in [0.25, 0.3) is 5.91 Å². The lowest BCUT2D eigenvalue weighted by Crippen LogP contribution is -2.52. The van der Waals surface area contributed by atoms with Crippen molar-refractivity contribution in [3.63, 3.8) is 0 Å². The van der Waals surface area contributed by atoms with E-state index in [4.69, 9.17) is 4.74 Å². The zero-order valence-electron chi connectivity index (χ0n) is 13.0. The summed E-state index contributed by atoms with van der Waals surface area (Å²) in [6.07, 6.45) is 1.28. The van der Waals surface area contributed by atoms with Crippen LogP contribution in [0, 0.1) is 13.8 Å². The van der Waals surface area contributed by atoms with Crippen LogP contribution in [-0.4, -0.2) is 34.3 Å². The third-order valence-electron chi connectivity index (χ3n) is 3.51. The molecule has 0 spiro atoms. The number of carbonyl (C=O) groups is 2. The summed E-state index contributed by atoms with van der Waals surface area (Å²) in [5, 5.41) is 7.00. The van der Waals surface area contributed by atoms with E-state index in [0.29, 0.717) is 17.7 Å². The van der Waals surface area contributed by atoms with Crippen LogP contribution in [0.4, 0.5) is 0 Å². The maximum Gasteiger partial charge on any atom is 0.331 e. The zero-order valence-corrected chi connectivity index (χ0v) is 13.0. The molecule has 1 heterocycles. The summed E-state index contributed by atoms with van der Waals surface area (Å²) < 4.78 is 6.45. The number of esters is 1. The van der Waals surface area contributed by atoms with Gasteiger partial charge >= 0.3 is 5.97 Å². The quantitative estimate of drug-likeness (QED) is 0.830. The third kappa shape index (κ3) is 3.00. The molecule has 0 saturated heterocycles. The average Bonchev–Trinajstić information content (AvgIpc) is 2.62. The van der Waals surface area contributed by atoms with Gasteiger partial charge in [0.2, 0.25) is 0 Å². The Labute approximate surface area is 119 Å². The van der Waals surface area contributed by atoms with Crippen LogP contribution in [0.2, 0.25) is 0 Å². The van der Waals surface area contributed by atoms with Gasteiger partial charge in [-0.05, 0) is 27.2 Å². The molecule has 0 fully saturated rings. The number of ether oxygens (including phenoxy) is 1. The molecule has 0 bridgehead atoms. The van der Waals surface area contributed by atoms with E-state index in [9.17, 15) is 9.59 Å². The molecule has 1 N–H and O–H groups in total. The van der Waals surface area contributed by atoms with Gasteiger partial charge < -0.3 is 10.1 Å². The van der Waals surface area contributed by atoms with Crippen molar-refractivity contribution in [3.8, 4) is 0 Å². The van der Waals surface area contributed by atoms with Crippen LogP contribution in [0.15, 0.2) is 0 Å². The van der Waals surface area contributed by atoms with Crippen molar-refractivity contribution in [2.75, 3.05) is 7.11 Å². The number of carbonyl (C=O) groups excluding carboxylic acids is 2. The van der Waals surface area contributed by atoms with Crippen LogP contribution >= 0.6 is 0 Å². The first-order valence-electron chi connectivity index (χ1n) is 6.68. The van der Waals surface area contributed by atoms with Gasteiger partial charge in [-0.2, -0.15) is 5.10 Å². The van der Waals surface area contributed by atoms with Crippen LogP contribution in [0.25, 0.3) is 0 Å². The monoisotopic (exact) mass is 281 g/mol. The van der Waals surface area contributed by atoms with Crippen molar-refractivity contribution in [1.29, 1.82) is 0 Å². The van der Waals surface area contributed by atoms with E-state index in [1.165, 1.54) is 7.11 Å². The lowest BCUT2D eigenvalue weighted by molar-refractivity contribution is -0.147. The zero-order chi connectivity index (χ0) is 15.5. The molecule has 0 aliphatic rings. The molecule has 1 aromatic rings. The Hall–Kier alpha value is -1.85. The molecular formula is C14H23N3O3. The molecule has 6 heteroatoms. The van der Waals surface area contributed by atoms with Crippen molar-refractivity contribution in [2.24, 2.45) is 7.05 Å². The number of rotatable bonds is 5. The smallest absolute Gasteiger partial charge is 0.331 e. The van der Waals surface area contributed by atoms with E-state index in [1.807, 2.05) is 13.8 Å². The molecule has 112 valence electrons. The number of aryl methyl sites for hydroxylation is 2. The maximum absolute atomic E-state index is 12.4. The van der Waals surface area contributed by atoms with Crippen molar-refractivity contribution < 1.29 is 14.3 Å². The molecule has 1 aromatic heterocycles. The summed E-state index contributed by atoms with van der Waals surface area (Å²) in [6, 6.07) is 0. The van der Waals surface area contributed by atoms with Gasteiger partial charge in [0.1, 0.15) is 5.54 Å². The Morgan fingerprint density at radius 3 is 2.40 bits per heavy atom.